The van der Waals surface area contributed by atoms with E-state index in [0.717, 1.165) is 37.2 Å². The van der Waals surface area contributed by atoms with Gasteiger partial charge in [0.05, 0.1) is 30.6 Å². The van der Waals surface area contributed by atoms with Gasteiger partial charge in [0.25, 0.3) is 0 Å². The average Bonchev–Trinajstić information content (AvgIpc) is 3.34. The van der Waals surface area contributed by atoms with Crippen LogP contribution in [0, 0.1) is 0 Å². The number of pyridine rings is 1. The van der Waals surface area contributed by atoms with Gasteiger partial charge in [0.15, 0.2) is 5.96 Å². The minimum absolute atomic E-state index is 0. The van der Waals surface area contributed by atoms with Crippen molar-refractivity contribution in [1.82, 2.24) is 10.3 Å². The highest BCUT2D eigenvalue weighted by atomic mass is 127. The first-order chi connectivity index (χ1) is 10.2. The fourth-order valence-corrected chi connectivity index (χ4v) is 2.03. The first-order valence-electron chi connectivity index (χ1n) is 7.27. The van der Waals surface area contributed by atoms with Gasteiger partial charge >= 0.3 is 5.97 Å². The van der Waals surface area contributed by atoms with Crippen molar-refractivity contribution in [1.29, 1.82) is 0 Å². The average molecular weight is 418 g/mol. The predicted octanol–water partition coefficient (Wildman–Crippen LogP) is 2.18. The molecule has 0 aromatic carbocycles. The van der Waals surface area contributed by atoms with Crippen LogP contribution in [0.15, 0.2) is 17.1 Å². The van der Waals surface area contributed by atoms with Gasteiger partial charge < -0.3 is 15.8 Å². The number of halogens is 1. The van der Waals surface area contributed by atoms with Crippen LogP contribution in [0.5, 0.6) is 0 Å². The van der Waals surface area contributed by atoms with Crippen LogP contribution in [0.1, 0.15) is 53.8 Å². The molecule has 0 saturated heterocycles. The van der Waals surface area contributed by atoms with Crippen LogP contribution < -0.4 is 11.1 Å². The van der Waals surface area contributed by atoms with Gasteiger partial charge in [0.1, 0.15) is 0 Å². The van der Waals surface area contributed by atoms with Gasteiger partial charge in [-0.15, -0.1) is 24.0 Å². The number of guanidine groups is 1. The topological polar surface area (TPSA) is 89.6 Å². The third-order valence-electron chi connectivity index (χ3n) is 3.32. The molecular weight excluding hydrogens is 395 g/mol. The van der Waals surface area contributed by atoms with Crippen LogP contribution in [0.2, 0.25) is 0 Å². The van der Waals surface area contributed by atoms with Gasteiger partial charge in [-0.1, -0.05) is 6.92 Å². The lowest BCUT2D eigenvalue weighted by molar-refractivity contribution is 0.0598. The third-order valence-corrected chi connectivity index (χ3v) is 3.32. The molecule has 1 aromatic rings. The predicted molar refractivity (Wildman–Crippen MR) is 96.6 cm³/mol. The molecule has 1 saturated carbocycles. The van der Waals surface area contributed by atoms with Crippen LogP contribution >= 0.6 is 24.0 Å². The van der Waals surface area contributed by atoms with E-state index in [1.54, 1.807) is 12.1 Å². The van der Waals surface area contributed by atoms with Crippen molar-refractivity contribution in [2.45, 2.75) is 38.6 Å². The number of aliphatic imine (C=N–C) groups is 1. The van der Waals surface area contributed by atoms with E-state index in [4.69, 9.17) is 10.5 Å². The van der Waals surface area contributed by atoms with Gasteiger partial charge in [0, 0.05) is 12.5 Å². The van der Waals surface area contributed by atoms with E-state index in [-0.39, 0.29) is 29.9 Å². The van der Waals surface area contributed by atoms with Gasteiger partial charge in [-0.05, 0) is 31.4 Å². The number of rotatable bonds is 6. The Morgan fingerprint density at radius 1 is 1.50 bits per heavy atom. The summed E-state index contributed by atoms with van der Waals surface area (Å²) in [6.07, 6.45) is 3.14. The van der Waals surface area contributed by atoms with Crippen molar-refractivity contribution >= 4 is 35.9 Å². The zero-order valence-electron chi connectivity index (χ0n) is 13.0. The molecule has 1 aromatic heterocycles. The van der Waals surface area contributed by atoms with E-state index in [0.29, 0.717) is 24.0 Å². The van der Waals surface area contributed by atoms with Crippen LogP contribution in [0.25, 0.3) is 0 Å². The molecule has 22 heavy (non-hydrogen) atoms. The summed E-state index contributed by atoms with van der Waals surface area (Å²) >= 11 is 0. The number of hydrogen-bond acceptors (Lipinski definition) is 4. The second kappa shape index (κ2) is 8.92. The van der Waals surface area contributed by atoms with Gasteiger partial charge in [0.2, 0.25) is 0 Å². The molecule has 0 bridgehead atoms. The molecule has 3 N–H and O–H groups in total. The van der Waals surface area contributed by atoms with E-state index >= 15 is 0 Å². The number of carbonyl (C=O) groups excluding carboxylic acids is 1. The summed E-state index contributed by atoms with van der Waals surface area (Å²) in [6, 6.07) is 3.57. The van der Waals surface area contributed by atoms with Crippen molar-refractivity contribution in [3.8, 4) is 0 Å². The van der Waals surface area contributed by atoms with Gasteiger partial charge in [-0.25, -0.2) is 9.79 Å². The number of aromatic nitrogens is 1. The molecule has 1 aliphatic rings. The normalized spacial score (nSPS) is 14.2. The zero-order chi connectivity index (χ0) is 15.2. The SMILES string of the molecule is CCCNC(N)=NCc1ccc(C(=O)OC)c(C2CC2)n1.I. The molecule has 1 heterocycles. The highest BCUT2D eigenvalue weighted by Gasteiger charge is 2.30. The lowest BCUT2D eigenvalue weighted by Gasteiger charge is -2.08. The maximum Gasteiger partial charge on any atom is 0.339 e. The summed E-state index contributed by atoms with van der Waals surface area (Å²) < 4.78 is 4.80. The molecule has 1 fully saturated rings. The number of methoxy groups -OCH3 is 1. The number of carbonyl (C=O) groups is 1. The van der Waals surface area contributed by atoms with Crippen molar-refractivity contribution in [2.24, 2.45) is 10.7 Å². The Morgan fingerprint density at radius 3 is 2.82 bits per heavy atom. The molecule has 6 nitrogen and oxygen atoms in total. The molecule has 1 aliphatic carbocycles. The highest BCUT2D eigenvalue weighted by Crippen LogP contribution is 2.40. The Morgan fingerprint density at radius 2 is 2.23 bits per heavy atom. The minimum Gasteiger partial charge on any atom is -0.465 e. The Hall–Kier alpha value is -1.38. The van der Waals surface area contributed by atoms with Crippen molar-refractivity contribution in [2.75, 3.05) is 13.7 Å². The lowest BCUT2D eigenvalue weighted by Crippen LogP contribution is -2.32. The number of nitrogens with zero attached hydrogens (tertiary/aromatic N) is 2. The summed E-state index contributed by atoms with van der Waals surface area (Å²) in [5, 5.41) is 3.02. The smallest absolute Gasteiger partial charge is 0.339 e. The number of esters is 1. The van der Waals surface area contributed by atoms with Crippen LogP contribution in [-0.4, -0.2) is 30.6 Å². The van der Waals surface area contributed by atoms with Crippen LogP contribution in [0.4, 0.5) is 0 Å². The van der Waals surface area contributed by atoms with Crippen molar-refractivity contribution in [3.63, 3.8) is 0 Å². The molecule has 0 unspecified atom stereocenters. The first kappa shape index (κ1) is 18.7. The number of nitrogens with two attached hydrogens (primary N) is 1. The van der Waals surface area contributed by atoms with Crippen molar-refractivity contribution < 1.29 is 9.53 Å². The van der Waals surface area contributed by atoms with E-state index < -0.39 is 0 Å². The van der Waals surface area contributed by atoms with Gasteiger partial charge in [-0.3, -0.25) is 4.98 Å². The quantitative estimate of drug-likeness (QED) is 0.320. The molecule has 0 radical (unpaired) electrons. The summed E-state index contributed by atoms with van der Waals surface area (Å²) in [6.45, 7) is 3.27. The number of ether oxygens (including phenoxy) is 1. The fourth-order valence-electron chi connectivity index (χ4n) is 2.03. The zero-order valence-corrected chi connectivity index (χ0v) is 15.3. The monoisotopic (exact) mass is 418 g/mol. The standard InChI is InChI=1S/C15H22N4O2.HI/c1-3-8-17-15(16)18-9-11-6-7-12(14(20)21-2)13(19-11)10-4-5-10;/h6-7,10H,3-5,8-9H2,1-2H3,(H3,16,17,18);1H. The van der Waals surface area contributed by atoms with E-state index in [1.165, 1.54) is 7.11 Å². The highest BCUT2D eigenvalue weighted by molar-refractivity contribution is 14.0. The maximum atomic E-state index is 11.7. The van der Waals surface area contributed by atoms with Crippen LogP contribution in [-0.2, 0) is 11.3 Å². The molecule has 2 rings (SSSR count). The first-order valence-corrected chi connectivity index (χ1v) is 7.27. The minimum atomic E-state index is -0.330. The third kappa shape index (κ3) is 5.11. The van der Waals surface area contributed by atoms with E-state index in [2.05, 4.69) is 22.2 Å². The molecule has 7 heteroatoms. The summed E-state index contributed by atoms with van der Waals surface area (Å²) in [5.74, 6) is 0.464. The Balaban J connectivity index is 0.00000242. The number of hydrogen-bond donors (Lipinski definition) is 2. The molecule has 122 valence electrons. The molecule has 0 atom stereocenters. The van der Waals surface area contributed by atoms with Gasteiger partial charge in [-0.2, -0.15) is 0 Å². The van der Waals surface area contributed by atoms with Crippen molar-refractivity contribution in [3.05, 3.63) is 29.1 Å². The maximum absolute atomic E-state index is 11.7. The van der Waals surface area contributed by atoms with Crippen LogP contribution in [0.3, 0.4) is 0 Å². The number of nitrogens with one attached hydrogen (secondary N) is 1. The van der Waals surface area contributed by atoms with E-state index in [1.807, 2.05) is 0 Å². The molecule has 0 amide bonds. The Labute approximate surface area is 147 Å². The summed E-state index contributed by atoms with van der Waals surface area (Å²) in [7, 11) is 1.39. The summed E-state index contributed by atoms with van der Waals surface area (Å²) in [4.78, 5) is 20.6. The summed E-state index contributed by atoms with van der Waals surface area (Å²) in [5.41, 5.74) is 7.95. The van der Waals surface area contributed by atoms with E-state index in [9.17, 15) is 4.79 Å². The largest absolute Gasteiger partial charge is 0.465 e. The molecular formula is C15H23IN4O2. The second-order valence-corrected chi connectivity index (χ2v) is 5.13. The Bertz CT molecular complexity index is 544. The Kier molecular flexibility index (Phi) is 7.57. The molecule has 0 spiro atoms. The molecule has 0 aliphatic heterocycles. The second-order valence-electron chi connectivity index (χ2n) is 5.13. The fraction of sp³-hybridized carbons (Fsp3) is 0.533. The lowest BCUT2D eigenvalue weighted by atomic mass is 10.1.